The lowest BCUT2D eigenvalue weighted by Crippen LogP contribution is -2.61. The Morgan fingerprint density at radius 3 is 2.80 bits per heavy atom. The van der Waals surface area contributed by atoms with Crippen LogP contribution in [0.2, 0.25) is 5.02 Å². The standard InChI is InChI=1S/C17H25ClN2/c1-14-5-6-15(16(18)11-14)12-20-10-9-19-13-17(20)7-3-2-4-8-17/h5-6,11,19H,2-4,7-10,12-13H2,1H3. The van der Waals surface area contributed by atoms with Crippen LogP contribution in [-0.4, -0.2) is 30.1 Å². The third-order valence-corrected chi connectivity index (χ3v) is 5.39. The fourth-order valence-corrected chi connectivity index (χ4v) is 4.11. The van der Waals surface area contributed by atoms with Crippen LogP contribution in [0, 0.1) is 6.92 Å². The molecule has 0 radical (unpaired) electrons. The zero-order valence-corrected chi connectivity index (χ0v) is 13.2. The van der Waals surface area contributed by atoms with Gasteiger partial charge in [-0.3, -0.25) is 4.90 Å². The van der Waals surface area contributed by atoms with Crippen LogP contribution in [0.5, 0.6) is 0 Å². The van der Waals surface area contributed by atoms with Gasteiger partial charge in [0.1, 0.15) is 0 Å². The summed E-state index contributed by atoms with van der Waals surface area (Å²) < 4.78 is 0. The van der Waals surface area contributed by atoms with Gasteiger partial charge < -0.3 is 5.32 Å². The van der Waals surface area contributed by atoms with E-state index >= 15 is 0 Å². The molecule has 1 heterocycles. The molecule has 1 aliphatic heterocycles. The minimum atomic E-state index is 0.380. The average molecular weight is 293 g/mol. The molecule has 3 heteroatoms. The summed E-state index contributed by atoms with van der Waals surface area (Å²) in [5, 5.41) is 4.54. The lowest BCUT2D eigenvalue weighted by Gasteiger charge is -2.50. The van der Waals surface area contributed by atoms with Gasteiger partial charge in [-0.25, -0.2) is 0 Å². The first kappa shape index (κ1) is 14.4. The maximum Gasteiger partial charge on any atom is 0.0453 e. The second-order valence-corrected chi connectivity index (χ2v) is 6.89. The first-order valence-electron chi connectivity index (χ1n) is 7.90. The molecule has 20 heavy (non-hydrogen) atoms. The fraction of sp³-hybridized carbons (Fsp3) is 0.647. The lowest BCUT2D eigenvalue weighted by molar-refractivity contribution is 0.0209. The second-order valence-electron chi connectivity index (χ2n) is 6.48. The normalized spacial score (nSPS) is 23.1. The van der Waals surface area contributed by atoms with Crippen molar-refractivity contribution in [2.75, 3.05) is 19.6 Å². The molecule has 0 unspecified atom stereocenters. The lowest BCUT2D eigenvalue weighted by atomic mass is 9.79. The summed E-state index contributed by atoms with van der Waals surface area (Å²) in [6.07, 6.45) is 6.83. The molecule has 0 atom stereocenters. The largest absolute Gasteiger partial charge is 0.314 e. The number of piperazine rings is 1. The van der Waals surface area contributed by atoms with E-state index in [1.165, 1.54) is 43.2 Å². The van der Waals surface area contributed by atoms with Crippen LogP contribution in [0.15, 0.2) is 18.2 Å². The molecule has 1 aliphatic carbocycles. The molecule has 2 fully saturated rings. The van der Waals surface area contributed by atoms with Crippen LogP contribution in [0.3, 0.4) is 0 Å². The Labute approximate surface area is 127 Å². The second kappa shape index (κ2) is 6.05. The van der Waals surface area contributed by atoms with E-state index in [0.29, 0.717) is 5.54 Å². The van der Waals surface area contributed by atoms with Crippen LogP contribution < -0.4 is 5.32 Å². The van der Waals surface area contributed by atoms with Crippen molar-refractivity contribution in [1.29, 1.82) is 0 Å². The van der Waals surface area contributed by atoms with Crippen LogP contribution >= 0.6 is 11.6 Å². The van der Waals surface area contributed by atoms with Gasteiger partial charge in [0.15, 0.2) is 0 Å². The molecule has 1 saturated heterocycles. The van der Waals surface area contributed by atoms with E-state index in [4.69, 9.17) is 11.6 Å². The van der Waals surface area contributed by atoms with Crippen molar-refractivity contribution in [2.24, 2.45) is 0 Å². The third kappa shape index (κ3) is 2.88. The smallest absolute Gasteiger partial charge is 0.0453 e. The molecular formula is C17H25ClN2. The zero-order chi connectivity index (χ0) is 14.0. The zero-order valence-electron chi connectivity index (χ0n) is 12.4. The number of halogens is 1. The Morgan fingerprint density at radius 1 is 1.25 bits per heavy atom. The maximum absolute atomic E-state index is 6.43. The topological polar surface area (TPSA) is 15.3 Å². The highest BCUT2D eigenvalue weighted by atomic mass is 35.5. The van der Waals surface area contributed by atoms with E-state index in [0.717, 1.165) is 31.2 Å². The molecule has 0 bridgehead atoms. The Balaban J connectivity index is 1.79. The van der Waals surface area contributed by atoms with Crippen molar-refractivity contribution in [3.63, 3.8) is 0 Å². The molecular weight excluding hydrogens is 268 g/mol. The van der Waals surface area contributed by atoms with Crippen molar-refractivity contribution in [3.05, 3.63) is 34.3 Å². The molecule has 1 N–H and O–H groups in total. The van der Waals surface area contributed by atoms with Crippen LogP contribution in [0.4, 0.5) is 0 Å². The summed E-state index contributed by atoms with van der Waals surface area (Å²) in [6.45, 7) is 6.50. The molecule has 3 rings (SSSR count). The summed E-state index contributed by atoms with van der Waals surface area (Å²) in [6, 6.07) is 6.47. The van der Waals surface area contributed by atoms with Gasteiger partial charge in [0.25, 0.3) is 0 Å². The van der Waals surface area contributed by atoms with Gasteiger partial charge in [-0.05, 0) is 37.0 Å². The highest BCUT2D eigenvalue weighted by molar-refractivity contribution is 6.31. The SMILES string of the molecule is Cc1ccc(CN2CCNCC23CCCCC3)c(Cl)c1. The minimum absolute atomic E-state index is 0.380. The summed E-state index contributed by atoms with van der Waals surface area (Å²) in [4.78, 5) is 2.69. The van der Waals surface area contributed by atoms with E-state index in [1.54, 1.807) is 0 Å². The number of nitrogens with one attached hydrogen (secondary N) is 1. The van der Waals surface area contributed by atoms with Gasteiger partial charge in [0.2, 0.25) is 0 Å². The molecule has 1 saturated carbocycles. The monoisotopic (exact) mass is 292 g/mol. The van der Waals surface area contributed by atoms with Gasteiger partial charge in [-0.1, -0.05) is 43.0 Å². The highest BCUT2D eigenvalue weighted by Crippen LogP contribution is 2.36. The predicted octanol–water partition coefficient (Wildman–Crippen LogP) is 3.76. The molecule has 2 aliphatic rings. The molecule has 1 aromatic rings. The molecule has 0 aromatic heterocycles. The first-order valence-corrected chi connectivity index (χ1v) is 8.28. The fourth-order valence-electron chi connectivity index (χ4n) is 3.82. The average Bonchev–Trinajstić information content (AvgIpc) is 2.45. The minimum Gasteiger partial charge on any atom is -0.314 e. The van der Waals surface area contributed by atoms with E-state index in [2.05, 4.69) is 35.3 Å². The number of hydrogen-bond donors (Lipinski definition) is 1. The number of hydrogen-bond acceptors (Lipinski definition) is 2. The Morgan fingerprint density at radius 2 is 2.05 bits per heavy atom. The van der Waals surface area contributed by atoms with Crippen LogP contribution in [-0.2, 0) is 6.54 Å². The number of aryl methyl sites for hydroxylation is 1. The quantitative estimate of drug-likeness (QED) is 0.893. The van der Waals surface area contributed by atoms with Gasteiger partial charge in [-0.2, -0.15) is 0 Å². The summed E-state index contributed by atoms with van der Waals surface area (Å²) in [5.41, 5.74) is 2.90. The Bertz CT molecular complexity index is 458. The summed E-state index contributed by atoms with van der Waals surface area (Å²) in [7, 11) is 0. The van der Waals surface area contributed by atoms with E-state index in [9.17, 15) is 0 Å². The number of rotatable bonds is 2. The number of nitrogens with zero attached hydrogens (tertiary/aromatic N) is 1. The van der Waals surface area contributed by atoms with Gasteiger partial charge >= 0.3 is 0 Å². The van der Waals surface area contributed by atoms with Crippen molar-refractivity contribution >= 4 is 11.6 Å². The first-order chi connectivity index (χ1) is 9.70. The van der Waals surface area contributed by atoms with Crippen molar-refractivity contribution in [2.45, 2.75) is 51.1 Å². The molecule has 1 aromatic carbocycles. The van der Waals surface area contributed by atoms with Gasteiger partial charge in [0.05, 0.1) is 0 Å². The summed E-state index contributed by atoms with van der Waals surface area (Å²) in [5.74, 6) is 0. The predicted molar refractivity (Wildman–Crippen MR) is 85.3 cm³/mol. The van der Waals surface area contributed by atoms with Crippen LogP contribution in [0.1, 0.15) is 43.2 Å². The third-order valence-electron chi connectivity index (χ3n) is 5.04. The van der Waals surface area contributed by atoms with Crippen molar-refractivity contribution in [1.82, 2.24) is 10.2 Å². The van der Waals surface area contributed by atoms with Crippen molar-refractivity contribution < 1.29 is 0 Å². The van der Waals surface area contributed by atoms with E-state index in [-0.39, 0.29) is 0 Å². The highest BCUT2D eigenvalue weighted by Gasteiger charge is 2.39. The molecule has 2 nitrogen and oxygen atoms in total. The Hall–Kier alpha value is -0.570. The van der Waals surface area contributed by atoms with Crippen molar-refractivity contribution in [3.8, 4) is 0 Å². The van der Waals surface area contributed by atoms with Gasteiger partial charge in [0, 0.05) is 36.7 Å². The summed E-state index contributed by atoms with van der Waals surface area (Å²) >= 11 is 6.43. The number of benzene rings is 1. The Kier molecular flexibility index (Phi) is 4.34. The molecule has 0 amide bonds. The molecule has 110 valence electrons. The van der Waals surface area contributed by atoms with E-state index in [1.807, 2.05) is 0 Å². The van der Waals surface area contributed by atoms with Crippen LogP contribution in [0.25, 0.3) is 0 Å². The van der Waals surface area contributed by atoms with Gasteiger partial charge in [-0.15, -0.1) is 0 Å². The maximum atomic E-state index is 6.43. The molecule has 1 spiro atoms. The van der Waals surface area contributed by atoms with E-state index < -0.39 is 0 Å².